The normalized spacial score (nSPS) is 19.7. The van der Waals surface area contributed by atoms with Crippen molar-refractivity contribution >= 4 is 11.8 Å². The lowest BCUT2D eigenvalue weighted by Crippen LogP contribution is -2.48. The van der Waals surface area contributed by atoms with Crippen molar-refractivity contribution < 1.29 is 22.7 Å². The first-order valence-electron chi connectivity index (χ1n) is 8.87. The van der Waals surface area contributed by atoms with Gasteiger partial charge in [-0.2, -0.15) is 0 Å². The van der Waals surface area contributed by atoms with E-state index >= 15 is 0 Å². The van der Waals surface area contributed by atoms with Gasteiger partial charge in [0.15, 0.2) is 5.82 Å². The van der Waals surface area contributed by atoms with E-state index in [0.717, 1.165) is 24.1 Å². The fourth-order valence-electron chi connectivity index (χ4n) is 3.49. The van der Waals surface area contributed by atoms with Crippen LogP contribution in [0.3, 0.4) is 0 Å². The van der Waals surface area contributed by atoms with E-state index < -0.39 is 11.9 Å². The first-order valence-corrected chi connectivity index (χ1v) is 8.87. The second-order valence-corrected chi connectivity index (χ2v) is 7.20. The van der Waals surface area contributed by atoms with Crippen molar-refractivity contribution in [3.63, 3.8) is 0 Å². The number of carbonyl (C=O) groups is 1. The number of rotatable bonds is 4. The van der Waals surface area contributed by atoms with Gasteiger partial charge in [-0.25, -0.2) is 4.79 Å². The highest BCUT2D eigenvalue weighted by Gasteiger charge is 2.40. The summed E-state index contributed by atoms with van der Waals surface area (Å²) < 4.78 is 42.4. The molecule has 0 saturated carbocycles. The number of alkyl halides is 3. The summed E-state index contributed by atoms with van der Waals surface area (Å²) >= 11 is 0. The van der Waals surface area contributed by atoms with Gasteiger partial charge in [-0.05, 0) is 50.8 Å². The highest BCUT2D eigenvalue weighted by atomic mass is 19.4. The Hall–Kier alpha value is -2.78. The Bertz CT molecular complexity index is 850. The van der Waals surface area contributed by atoms with Gasteiger partial charge in [-0.1, -0.05) is 17.3 Å². The molecular weight excluding hydrogens is 375 g/mol. The quantitative estimate of drug-likeness (QED) is 0.855. The number of aryl methyl sites for hydroxylation is 1. The minimum atomic E-state index is -4.72. The monoisotopic (exact) mass is 397 g/mol. The summed E-state index contributed by atoms with van der Waals surface area (Å²) in [5.41, 5.74) is 1.12. The number of likely N-dealkylation sites (tertiary alicyclic amines) is 1. The lowest BCUT2D eigenvalue weighted by Gasteiger charge is -2.35. The molecule has 0 aliphatic carbocycles. The van der Waals surface area contributed by atoms with E-state index in [4.69, 9.17) is 0 Å². The molecule has 1 atom stereocenters. The Morgan fingerprint density at radius 2 is 2.00 bits per heavy atom. The molecule has 152 valence electrons. The average Bonchev–Trinajstić information content (AvgIpc) is 3.13. The fourth-order valence-corrected chi connectivity index (χ4v) is 3.49. The van der Waals surface area contributed by atoms with Crippen LogP contribution in [-0.2, 0) is 13.5 Å². The van der Waals surface area contributed by atoms with Gasteiger partial charge < -0.3 is 9.64 Å². The molecule has 2 heterocycles. The molecule has 1 N–H and O–H groups in total. The number of benzene rings is 1. The van der Waals surface area contributed by atoms with Crippen molar-refractivity contribution in [2.45, 2.75) is 45.0 Å². The third-order valence-electron chi connectivity index (χ3n) is 5.07. The highest BCUT2D eigenvalue weighted by molar-refractivity contribution is 5.89. The Morgan fingerprint density at radius 1 is 1.32 bits per heavy atom. The van der Waals surface area contributed by atoms with Gasteiger partial charge in [0.1, 0.15) is 5.75 Å². The fraction of sp³-hybridized carbons (Fsp3) is 0.500. The number of ether oxygens (including phenoxy) is 1. The molecule has 2 aromatic rings. The van der Waals surface area contributed by atoms with Gasteiger partial charge in [0, 0.05) is 19.1 Å². The summed E-state index contributed by atoms with van der Waals surface area (Å²) in [6, 6.07) is 5.49. The van der Waals surface area contributed by atoms with Crippen molar-refractivity contribution in [2.75, 3.05) is 11.9 Å². The summed E-state index contributed by atoms with van der Waals surface area (Å²) in [5.74, 6) is 0.149. The molecule has 1 saturated heterocycles. The topological polar surface area (TPSA) is 72.3 Å². The summed E-state index contributed by atoms with van der Waals surface area (Å²) in [6.07, 6.45) is -2.56. The van der Waals surface area contributed by atoms with Crippen LogP contribution in [0.15, 0.2) is 24.3 Å². The van der Waals surface area contributed by atoms with Gasteiger partial charge in [-0.15, -0.1) is 18.3 Å². The summed E-state index contributed by atoms with van der Waals surface area (Å²) in [7, 11) is 1.74. The number of hydrogen-bond acceptors (Lipinski definition) is 4. The van der Waals surface area contributed by atoms with Crippen molar-refractivity contribution in [2.24, 2.45) is 7.05 Å². The molecule has 1 fully saturated rings. The van der Waals surface area contributed by atoms with Crippen molar-refractivity contribution in [1.29, 1.82) is 0 Å². The van der Waals surface area contributed by atoms with Crippen LogP contribution in [0, 0.1) is 6.92 Å². The second kappa shape index (κ2) is 7.33. The van der Waals surface area contributed by atoms with E-state index in [0.29, 0.717) is 18.8 Å². The third kappa shape index (κ3) is 4.37. The van der Waals surface area contributed by atoms with E-state index in [-0.39, 0.29) is 11.8 Å². The van der Waals surface area contributed by atoms with Gasteiger partial charge in [0.2, 0.25) is 0 Å². The van der Waals surface area contributed by atoms with E-state index in [1.165, 1.54) is 12.1 Å². The van der Waals surface area contributed by atoms with Gasteiger partial charge in [-0.3, -0.25) is 10.00 Å². The van der Waals surface area contributed by atoms with E-state index in [1.807, 2.05) is 13.8 Å². The molecule has 3 rings (SSSR count). The Balaban J connectivity index is 1.69. The largest absolute Gasteiger partial charge is 0.573 e. The van der Waals surface area contributed by atoms with Gasteiger partial charge in [0.25, 0.3) is 0 Å². The number of nitrogens with zero attached hydrogens (tertiary/aromatic N) is 4. The molecule has 0 spiro atoms. The van der Waals surface area contributed by atoms with Crippen LogP contribution in [-0.4, -0.2) is 44.4 Å². The van der Waals surface area contributed by atoms with Crippen LogP contribution in [0.1, 0.15) is 31.0 Å². The lowest BCUT2D eigenvalue weighted by atomic mass is 9.90. The highest BCUT2D eigenvalue weighted by Crippen LogP contribution is 2.33. The maximum Gasteiger partial charge on any atom is 0.573 e. The molecule has 1 unspecified atom stereocenters. The third-order valence-corrected chi connectivity index (χ3v) is 5.07. The van der Waals surface area contributed by atoms with E-state index in [1.54, 1.807) is 28.8 Å². The molecular formula is C18H22F3N5O2. The van der Waals surface area contributed by atoms with Crippen LogP contribution in [0.4, 0.5) is 23.8 Å². The zero-order chi connectivity index (χ0) is 20.5. The minimum absolute atomic E-state index is 0.263. The number of amides is 2. The molecule has 10 heteroatoms. The van der Waals surface area contributed by atoms with Crippen LogP contribution in [0.5, 0.6) is 5.75 Å². The van der Waals surface area contributed by atoms with Crippen molar-refractivity contribution in [3.05, 3.63) is 35.5 Å². The Labute approximate surface area is 160 Å². The minimum Gasteiger partial charge on any atom is -0.406 e. The second-order valence-electron chi connectivity index (χ2n) is 7.20. The number of hydrogen-bond donors (Lipinski definition) is 1. The van der Waals surface area contributed by atoms with E-state index in [2.05, 4.69) is 20.4 Å². The standard InChI is InChI=1S/C18H22F3N5O2/c1-12-15(23-24-25(12)3)22-16(27)26-10-4-9-17(26,2)11-13-5-7-14(8-6-13)28-18(19,20)21/h5-8H,4,9-11H2,1-3H3,(H,22,27). The first kappa shape index (κ1) is 20.0. The van der Waals surface area contributed by atoms with Crippen LogP contribution < -0.4 is 10.1 Å². The molecule has 28 heavy (non-hydrogen) atoms. The number of aromatic nitrogens is 3. The summed E-state index contributed by atoms with van der Waals surface area (Å²) in [6.45, 7) is 4.38. The lowest BCUT2D eigenvalue weighted by molar-refractivity contribution is -0.274. The maximum absolute atomic E-state index is 12.8. The predicted molar refractivity (Wildman–Crippen MR) is 95.9 cm³/mol. The number of anilines is 1. The summed E-state index contributed by atoms with van der Waals surface area (Å²) in [5, 5.41) is 10.6. The number of nitrogens with one attached hydrogen (secondary N) is 1. The summed E-state index contributed by atoms with van der Waals surface area (Å²) in [4.78, 5) is 14.5. The van der Waals surface area contributed by atoms with Crippen LogP contribution in [0.25, 0.3) is 0 Å². The van der Waals surface area contributed by atoms with Gasteiger partial charge in [0.05, 0.1) is 5.69 Å². The van der Waals surface area contributed by atoms with E-state index in [9.17, 15) is 18.0 Å². The Morgan fingerprint density at radius 3 is 2.57 bits per heavy atom. The molecule has 0 radical (unpaired) electrons. The zero-order valence-electron chi connectivity index (χ0n) is 15.9. The molecule has 1 aromatic carbocycles. The van der Waals surface area contributed by atoms with Gasteiger partial charge >= 0.3 is 12.4 Å². The zero-order valence-corrected chi connectivity index (χ0v) is 15.9. The first-order chi connectivity index (χ1) is 13.1. The predicted octanol–water partition coefficient (Wildman–Crippen LogP) is 3.65. The number of carbonyl (C=O) groups excluding carboxylic acids is 1. The molecule has 1 aliphatic heterocycles. The van der Waals surface area contributed by atoms with Crippen molar-refractivity contribution in [3.8, 4) is 5.75 Å². The Kier molecular flexibility index (Phi) is 5.22. The SMILES string of the molecule is Cc1c(NC(=O)N2CCCC2(C)Cc2ccc(OC(F)(F)F)cc2)nnn1C. The molecule has 0 bridgehead atoms. The number of halogens is 3. The maximum atomic E-state index is 12.8. The van der Waals surface area contributed by atoms with Crippen LogP contribution >= 0.6 is 0 Å². The molecule has 7 nitrogen and oxygen atoms in total. The molecule has 2 amide bonds. The molecule has 1 aromatic heterocycles. The molecule has 1 aliphatic rings. The van der Waals surface area contributed by atoms with Crippen LogP contribution in [0.2, 0.25) is 0 Å². The average molecular weight is 397 g/mol. The number of urea groups is 1. The van der Waals surface area contributed by atoms with Crippen molar-refractivity contribution in [1.82, 2.24) is 19.9 Å². The smallest absolute Gasteiger partial charge is 0.406 e.